The van der Waals surface area contributed by atoms with Crippen molar-refractivity contribution < 1.29 is 22.5 Å². The van der Waals surface area contributed by atoms with Crippen LogP contribution < -0.4 is 5.32 Å². The molecule has 1 saturated heterocycles. The Balaban J connectivity index is 2.14. The first-order valence-corrected chi connectivity index (χ1v) is 6.62. The van der Waals surface area contributed by atoms with Gasteiger partial charge in [-0.15, -0.1) is 0 Å². The van der Waals surface area contributed by atoms with Crippen LogP contribution in [0, 0.1) is 10.1 Å². The molecule has 9 heteroatoms. The fraction of sp³-hybridized carbons (Fsp3) is 0.667. The van der Waals surface area contributed by atoms with Gasteiger partial charge in [0.2, 0.25) is 0 Å². The quantitative estimate of drug-likeness (QED) is 0.668. The molecule has 1 aliphatic rings. The Hall–Kier alpha value is -1.61. The number of hydrogen-bond acceptors (Lipinski definition) is 5. The zero-order valence-electron chi connectivity index (χ0n) is 11.2. The Bertz CT molecular complexity index is 484. The Morgan fingerprint density at radius 3 is 2.57 bits per heavy atom. The summed E-state index contributed by atoms with van der Waals surface area (Å²) in [7, 11) is 0. The number of furan rings is 1. The van der Waals surface area contributed by atoms with Crippen LogP contribution in [0.5, 0.6) is 0 Å². The molecule has 1 fully saturated rings. The zero-order chi connectivity index (χ0) is 15.5. The number of alkyl halides is 3. The maximum atomic E-state index is 12.5. The molecule has 1 aromatic heterocycles. The van der Waals surface area contributed by atoms with Gasteiger partial charge in [0.15, 0.2) is 0 Å². The summed E-state index contributed by atoms with van der Waals surface area (Å²) < 4.78 is 42.5. The van der Waals surface area contributed by atoms with Gasteiger partial charge in [-0.25, -0.2) is 0 Å². The molecule has 2 rings (SSSR count). The molecular weight excluding hydrogens is 291 g/mol. The van der Waals surface area contributed by atoms with Crippen LogP contribution in [-0.2, 0) is 0 Å². The van der Waals surface area contributed by atoms with Gasteiger partial charge in [-0.05, 0) is 12.5 Å². The topological polar surface area (TPSA) is 71.6 Å². The minimum atomic E-state index is -4.26. The molecule has 0 spiro atoms. The molecule has 0 bridgehead atoms. The van der Waals surface area contributed by atoms with E-state index in [0.29, 0.717) is 26.2 Å². The second-order valence-electron chi connectivity index (χ2n) is 4.89. The van der Waals surface area contributed by atoms with Crippen molar-refractivity contribution in [1.29, 1.82) is 0 Å². The lowest BCUT2D eigenvalue weighted by atomic mass is 10.1. The van der Waals surface area contributed by atoms with Crippen LogP contribution in [-0.4, -0.2) is 42.2 Å². The highest BCUT2D eigenvalue weighted by Crippen LogP contribution is 2.33. The van der Waals surface area contributed by atoms with Gasteiger partial charge < -0.3 is 9.73 Å². The third-order valence-corrected chi connectivity index (χ3v) is 3.41. The maximum absolute atomic E-state index is 12.5. The Morgan fingerprint density at radius 1 is 1.38 bits per heavy atom. The van der Waals surface area contributed by atoms with Crippen LogP contribution in [0.4, 0.5) is 19.1 Å². The molecule has 0 unspecified atom stereocenters. The van der Waals surface area contributed by atoms with E-state index in [1.54, 1.807) is 0 Å². The normalized spacial score (nSPS) is 18.6. The molecule has 0 radical (unpaired) electrons. The lowest BCUT2D eigenvalue weighted by molar-refractivity contribution is -0.402. The third-order valence-electron chi connectivity index (χ3n) is 3.41. The van der Waals surface area contributed by atoms with Gasteiger partial charge in [0.1, 0.15) is 10.7 Å². The fourth-order valence-electron chi connectivity index (χ4n) is 2.42. The SMILES string of the molecule is O=[N+]([O-])c1ccc([C@@H](CCC(F)(F)F)N2CCNCC2)o1. The van der Waals surface area contributed by atoms with Crippen molar-refractivity contribution in [3.63, 3.8) is 0 Å². The van der Waals surface area contributed by atoms with Crippen LogP contribution in [0.1, 0.15) is 24.6 Å². The fourth-order valence-corrected chi connectivity index (χ4v) is 2.42. The van der Waals surface area contributed by atoms with Gasteiger partial charge in [-0.3, -0.25) is 15.0 Å². The van der Waals surface area contributed by atoms with E-state index in [2.05, 4.69) is 5.32 Å². The molecule has 21 heavy (non-hydrogen) atoms. The third kappa shape index (κ3) is 4.43. The number of hydrogen-bond donors (Lipinski definition) is 1. The summed E-state index contributed by atoms with van der Waals surface area (Å²) in [6.45, 7) is 2.50. The van der Waals surface area contributed by atoms with Crippen molar-refractivity contribution in [3.05, 3.63) is 28.0 Å². The van der Waals surface area contributed by atoms with Gasteiger partial charge >= 0.3 is 12.1 Å². The number of nitrogens with zero attached hydrogens (tertiary/aromatic N) is 2. The highest BCUT2D eigenvalue weighted by molar-refractivity contribution is 5.20. The molecule has 0 aliphatic carbocycles. The van der Waals surface area contributed by atoms with Crippen LogP contribution in [0.3, 0.4) is 0 Å². The minimum absolute atomic E-state index is 0.172. The van der Waals surface area contributed by atoms with Gasteiger partial charge in [0.25, 0.3) is 0 Å². The molecule has 118 valence electrons. The summed E-state index contributed by atoms with van der Waals surface area (Å²) >= 11 is 0. The van der Waals surface area contributed by atoms with Gasteiger partial charge in [-0.1, -0.05) is 0 Å². The molecule has 0 saturated carbocycles. The molecule has 2 heterocycles. The van der Waals surface area contributed by atoms with E-state index >= 15 is 0 Å². The molecule has 0 amide bonds. The Labute approximate surface area is 119 Å². The van der Waals surface area contributed by atoms with E-state index in [1.807, 2.05) is 4.90 Å². The molecule has 1 N–H and O–H groups in total. The molecule has 1 atom stereocenters. The molecular formula is C12H16F3N3O3. The monoisotopic (exact) mass is 307 g/mol. The van der Waals surface area contributed by atoms with E-state index in [9.17, 15) is 23.3 Å². The lowest BCUT2D eigenvalue weighted by Crippen LogP contribution is -2.45. The molecule has 1 aliphatic heterocycles. The van der Waals surface area contributed by atoms with Crippen molar-refractivity contribution in [2.45, 2.75) is 25.1 Å². The Morgan fingerprint density at radius 2 is 2.05 bits per heavy atom. The van der Waals surface area contributed by atoms with Gasteiger partial charge in [-0.2, -0.15) is 13.2 Å². The summed E-state index contributed by atoms with van der Waals surface area (Å²) in [5.74, 6) is -0.231. The summed E-state index contributed by atoms with van der Waals surface area (Å²) in [5, 5.41) is 13.8. The van der Waals surface area contributed by atoms with E-state index in [1.165, 1.54) is 12.1 Å². The second kappa shape index (κ2) is 6.44. The van der Waals surface area contributed by atoms with Crippen molar-refractivity contribution in [2.75, 3.05) is 26.2 Å². The second-order valence-corrected chi connectivity index (χ2v) is 4.89. The highest BCUT2D eigenvalue weighted by Gasteiger charge is 2.33. The summed E-state index contributed by atoms with van der Waals surface area (Å²) in [6, 6.07) is 1.97. The average molecular weight is 307 g/mol. The van der Waals surface area contributed by atoms with E-state index < -0.39 is 29.4 Å². The molecule has 1 aromatic rings. The largest absolute Gasteiger partial charge is 0.433 e. The first kappa shape index (κ1) is 15.8. The van der Waals surface area contributed by atoms with E-state index in [0.717, 1.165) is 0 Å². The Kier molecular flexibility index (Phi) is 4.84. The smallest absolute Gasteiger partial charge is 0.404 e. The number of rotatable bonds is 5. The van der Waals surface area contributed by atoms with Crippen LogP contribution in [0.15, 0.2) is 16.5 Å². The predicted octanol–water partition coefficient (Wildman–Crippen LogP) is 2.48. The summed E-state index contributed by atoms with van der Waals surface area (Å²) in [6.07, 6.45) is -5.38. The molecule has 6 nitrogen and oxygen atoms in total. The summed E-state index contributed by atoms with van der Waals surface area (Å²) in [4.78, 5) is 11.8. The highest BCUT2D eigenvalue weighted by atomic mass is 19.4. The number of halogens is 3. The zero-order valence-corrected chi connectivity index (χ0v) is 11.2. The first-order chi connectivity index (χ1) is 9.87. The predicted molar refractivity (Wildman–Crippen MR) is 67.8 cm³/mol. The lowest BCUT2D eigenvalue weighted by Gasteiger charge is -2.33. The van der Waals surface area contributed by atoms with E-state index in [4.69, 9.17) is 4.42 Å². The van der Waals surface area contributed by atoms with Gasteiger partial charge in [0.05, 0.1) is 12.1 Å². The van der Waals surface area contributed by atoms with E-state index in [-0.39, 0.29) is 12.2 Å². The number of nitrogens with one attached hydrogen (secondary N) is 1. The maximum Gasteiger partial charge on any atom is 0.433 e. The summed E-state index contributed by atoms with van der Waals surface area (Å²) in [5.41, 5.74) is 0. The van der Waals surface area contributed by atoms with Crippen LogP contribution in [0.25, 0.3) is 0 Å². The van der Waals surface area contributed by atoms with Gasteiger partial charge in [0, 0.05) is 32.6 Å². The first-order valence-electron chi connectivity index (χ1n) is 6.62. The molecule has 0 aromatic carbocycles. The van der Waals surface area contributed by atoms with Crippen molar-refractivity contribution in [3.8, 4) is 0 Å². The van der Waals surface area contributed by atoms with Crippen molar-refractivity contribution in [1.82, 2.24) is 10.2 Å². The van der Waals surface area contributed by atoms with Crippen molar-refractivity contribution in [2.24, 2.45) is 0 Å². The van der Waals surface area contributed by atoms with Crippen LogP contribution in [0.2, 0.25) is 0 Å². The minimum Gasteiger partial charge on any atom is -0.404 e. The van der Waals surface area contributed by atoms with Crippen molar-refractivity contribution >= 4 is 5.88 Å². The number of piperazine rings is 1. The number of nitro groups is 1. The standard InChI is InChI=1S/C12H16F3N3O3/c13-12(14,15)4-3-9(17-7-5-16-6-8-17)10-1-2-11(21-10)18(19)20/h1-2,9,16H,3-8H2/t9-/m1/s1. The van der Waals surface area contributed by atoms with Crippen LogP contribution >= 0.6 is 0 Å². The average Bonchev–Trinajstić information content (AvgIpc) is 2.89.